The molecule has 0 fully saturated rings. The van der Waals surface area contributed by atoms with E-state index < -0.39 is 0 Å². The molecule has 1 heterocycles. The first-order valence-corrected chi connectivity index (χ1v) is 5.68. The van der Waals surface area contributed by atoms with Gasteiger partial charge in [-0.1, -0.05) is 20.8 Å². The first-order valence-electron chi connectivity index (χ1n) is 4.86. The summed E-state index contributed by atoms with van der Waals surface area (Å²) in [7, 11) is 0. The minimum atomic E-state index is 0.714. The molecule has 0 saturated carbocycles. The number of nitrogens with one attached hydrogen (secondary N) is 1. The predicted octanol–water partition coefficient (Wildman–Crippen LogP) is 2.45. The minimum absolute atomic E-state index is 0.714. The summed E-state index contributed by atoms with van der Waals surface area (Å²) in [6, 6.07) is 0. The maximum Gasteiger partial charge on any atom is 0.107 e. The van der Waals surface area contributed by atoms with Crippen molar-refractivity contribution in [2.75, 3.05) is 6.54 Å². The fraction of sp³-hybridized carbons (Fsp3) is 0.700. The van der Waals surface area contributed by atoms with E-state index in [-0.39, 0.29) is 0 Å². The van der Waals surface area contributed by atoms with Crippen LogP contribution in [0.2, 0.25) is 0 Å². The van der Waals surface area contributed by atoms with E-state index in [0.717, 1.165) is 19.5 Å². The highest BCUT2D eigenvalue weighted by atomic mass is 32.1. The standard InChI is InChI=1S/C10H18N2S/c1-4-9-6-12-10(13-9)7-11-5-8(2)3/h6,8,11H,4-5,7H2,1-3H3. The summed E-state index contributed by atoms with van der Waals surface area (Å²) in [6.07, 6.45) is 3.08. The number of thiazole rings is 1. The van der Waals surface area contributed by atoms with Gasteiger partial charge in [0.25, 0.3) is 0 Å². The third-order valence-corrected chi connectivity index (χ3v) is 2.92. The van der Waals surface area contributed by atoms with Crippen molar-refractivity contribution >= 4 is 11.3 Å². The summed E-state index contributed by atoms with van der Waals surface area (Å²) in [4.78, 5) is 5.72. The molecule has 0 aliphatic heterocycles. The van der Waals surface area contributed by atoms with Crippen molar-refractivity contribution in [2.45, 2.75) is 33.7 Å². The van der Waals surface area contributed by atoms with E-state index in [2.05, 4.69) is 31.1 Å². The maximum atomic E-state index is 4.34. The van der Waals surface area contributed by atoms with E-state index >= 15 is 0 Å². The molecule has 0 aliphatic rings. The number of rotatable bonds is 5. The van der Waals surface area contributed by atoms with Crippen LogP contribution in [0.3, 0.4) is 0 Å². The third-order valence-electron chi connectivity index (χ3n) is 1.78. The molecule has 74 valence electrons. The van der Waals surface area contributed by atoms with Gasteiger partial charge in [0.2, 0.25) is 0 Å². The smallest absolute Gasteiger partial charge is 0.107 e. The quantitative estimate of drug-likeness (QED) is 0.786. The molecule has 1 N–H and O–H groups in total. The number of aryl methyl sites for hydroxylation is 1. The van der Waals surface area contributed by atoms with Crippen molar-refractivity contribution in [1.82, 2.24) is 10.3 Å². The van der Waals surface area contributed by atoms with Crippen LogP contribution in [0.25, 0.3) is 0 Å². The Bertz CT molecular complexity index is 243. The van der Waals surface area contributed by atoms with Gasteiger partial charge < -0.3 is 5.32 Å². The van der Waals surface area contributed by atoms with Crippen LogP contribution in [0.4, 0.5) is 0 Å². The molecule has 1 rings (SSSR count). The third kappa shape index (κ3) is 3.87. The Morgan fingerprint density at radius 3 is 2.85 bits per heavy atom. The zero-order valence-electron chi connectivity index (χ0n) is 8.63. The Morgan fingerprint density at radius 1 is 1.54 bits per heavy atom. The first kappa shape index (κ1) is 10.7. The van der Waals surface area contributed by atoms with E-state index in [1.807, 2.05) is 17.5 Å². The average molecular weight is 198 g/mol. The highest BCUT2D eigenvalue weighted by Gasteiger charge is 2.00. The lowest BCUT2D eigenvalue weighted by Crippen LogP contribution is -2.18. The van der Waals surface area contributed by atoms with Gasteiger partial charge in [-0.2, -0.15) is 0 Å². The van der Waals surface area contributed by atoms with Gasteiger partial charge in [-0.15, -0.1) is 11.3 Å². The second-order valence-electron chi connectivity index (χ2n) is 3.60. The summed E-state index contributed by atoms with van der Waals surface area (Å²) in [5.41, 5.74) is 0. The van der Waals surface area contributed by atoms with Gasteiger partial charge in [-0.25, -0.2) is 4.98 Å². The zero-order valence-corrected chi connectivity index (χ0v) is 9.45. The Hall–Kier alpha value is -0.410. The van der Waals surface area contributed by atoms with E-state index in [9.17, 15) is 0 Å². The van der Waals surface area contributed by atoms with E-state index in [1.54, 1.807) is 0 Å². The average Bonchev–Trinajstić information content (AvgIpc) is 2.52. The molecule has 0 bridgehead atoms. The Kier molecular flexibility index (Phi) is 4.39. The molecular weight excluding hydrogens is 180 g/mol. The second kappa shape index (κ2) is 5.35. The SMILES string of the molecule is CCc1cnc(CNCC(C)C)s1. The molecule has 13 heavy (non-hydrogen) atoms. The first-order chi connectivity index (χ1) is 6.22. The Balaban J connectivity index is 2.28. The van der Waals surface area contributed by atoms with Gasteiger partial charge in [0.1, 0.15) is 5.01 Å². The zero-order chi connectivity index (χ0) is 9.68. The molecular formula is C10H18N2S. The number of aromatic nitrogens is 1. The van der Waals surface area contributed by atoms with Crippen LogP contribution in [-0.4, -0.2) is 11.5 Å². The van der Waals surface area contributed by atoms with E-state index in [4.69, 9.17) is 0 Å². The van der Waals surface area contributed by atoms with Crippen LogP contribution in [0.15, 0.2) is 6.20 Å². The summed E-state index contributed by atoms with van der Waals surface area (Å²) in [5.74, 6) is 0.714. The van der Waals surface area contributed by atoms with Gasteiger partial charge in [0.15, 0.2) is 0 Å². The fourth-order valence-corrected chi connectivity index (χ4v) is 1.89. The van der Waals surface area contributed by atoms with Gasteiger partial charge in [-0.3, -0.25) is 0 Å². The van der Waals surface area contributed by atoms with Gasteiger partial charge in [-0.05, 0) is 18.9 Å². The van der Waals surface area contributed by atoms with Crippen molar-refractivity contribution in [3.05, 3.63) is 16.1 Å². The van der Waals surface area contributed by atoms with Crippen molar-refractivity contribution in [3.8, 4) is 0 Å². The Labute approximate surface area is 84.4 Å². The molecule has 3 heteroatoms. The summed E-state index contributed by atoms with van der Waals surface area (Å²) in [5, 5.41) is 4.59. The van der Waals surface area contributed by atoms with Crippen molar-refractivity contribution in [3.63, 3.8) is 0 Å². The van der Waals surface area contributed by atoms with Crippen molar-refractivity contribution < 1.29 is 0 Å². The second-order valence-corrected chi connectivity index (χ2v) is 4.80. The summed E-state index contributed by atoms with van der Waals surface area (Å²) < 4.78 is 0. The topological polar surface area (TPSA) is 24.9 Å². The van der Waals surface area contributed by atoms with Gasteiger partial charge in [0.05, 0.1) is 0 Å². The molecule has 0 aromatic carbocycles. The molecule has 0 atom stereocenters. The maximum absolute atomic E-state index is 4.34. The lowest BCUT2D eigenvalue weighted by atomic mass is 10.2. The monoisotopic (exact) mass is 198 g/mol. The molecule has 1 aromatic rings. The lowest BCUT2D eigenvalue weighted by Gasteiger charge is -2.04. The van der Waals surface area contributed by atoms with Crippen LogP contribution >= 0.6 is 11.3 Å². The lowest BCUT2D eigenvalue weighted by molar-refractivity contribution is 0.551. The van der Waals surface area contributed by atoms with Crippen molar-refractivity contribution in [1.29, 1.82) is 0 Å². The Morgan fingerprint density at radius 2 is 2.31 bits per heavy atom. The van der Waals surface area contributed by atoms with E-state index in [1.165, 1.54) is 9.88 Å². The van der Waals surface area contributed by atoms with Crippen LogP contribution in [0, 0.1) is 5.92 Å². The highest BCUT2D eigenvalue weighted by molar-refractivity contribution is 7.11. The normalized spacial score (nSPS) is 11.1. The number of hydrogen-bond acceptors (Lipinski definition) is 3. The molecule has 0 unspecified atom stereocenters. The van der Waals surface area contributed by atoms with Crippen molar-refractivity contribution in [2.24, 2.45) is 5.92 Å². The van der Waals surface area contributed by atoms with Crippen LogP contribution in [0.5, 0.6) is 0 Å². The van der Waals surface area contributed by atoms with Gasteiger partial charge in [0, 0.05) is 17.6 Å². The predicted molar refractivity (Wildman–Crippen MR) is 58.0 cm³/mol. The highest BCUT2D eigenvalue weighted by Crippen LogP contribution is 2.12. The van der Waals surface area contributed by atoms with Gasteiger partial charge >= 0.3 is 0 Å². The number of hydrogen-bond donors (Lipinski definition) is 1. The number of nitrogens with zero attached hydrogens (tertiary/aromatic N) is 1. The van der Waals surface area contributed by atoms with Crippen LogP contribution in [0.1, 0.15) is 30.7 Å². The minimum Gasteiger partial charge on any atom is -0.310 e. The molecule has 0 saturated heterocycles. The van der Waals surface area contributed by atoms with Crippen LogP contribution < -0.4 is 5.32 Å². The van der Waals surface area contributed by atoms with Crippen LogP contribution in [-0.2, 0) is 13.0 Å². The molecule has 0 radical (unpaired) electrons. The largest absolute Gasteiger partial charge is 0.310 e. The summed E-state index contributed by atoms with van der Waals surface area (Å²) >= 11 is 1.81. The summed E-state index contributed by atoms with van der Waals surface area (Å²) in [6.45, 7) is 8.58. The molecule has 1 aromatic heterocycles. The molecule has 0 amide bonds. The fourth-order valence-electron chi connectivity index (χ4n) is 1.06. The molecule has 2 nitrogen and oxygen atoms in total. The molecule has 0 spiro atoms. The van der Waals surface area contributed by atoms with E-state index in [0.29, 0.717) is 5.92 Å². The molecule has 0 aliphatic carbocycles.